The molecule has 1 aliphatic heterocycles. The van der Waals surface area contributed by atoms with Gasteiger partial charge in [-0.05, 0) is 38.8 Å². The molecule has 2 rings (SSSR count). The molecule has 12 heteroatoms. The van der Waals surface area contributed by atoms with Crippen molar-refractivity contribution in [3.8, 4) is 5.75 Å². The molecule has 3 amide bonds. The van der Waals surface area contributed by atoms with Gasteiger partial charge in [-0.3, -0.25) is 9.59 Å². The van der Waals surface area contributed by atoms with Crippen LogP contribution in [-0.4, -0.2) is 59.3 Å². The number of ether oxygens (including phenoxy) is 1. The van der Waals surface area contributed by atoms with Gasteiger partial charge in [-0.2, -0.15) is 13.2 Å². The van der Waals surface area contributed by atoms with Crippen LogP contribution >= 0.6 is 11.6 Å². The fourth-order valence-electron chi connectivity index (χ4n) is 3.39. The average Bonchev–Trinajstić information content (AvgIpc) is 2.69. The molecule has 1 aromatic rings. The van der Waals surface area contributed by atoms with E-state index in [1.165, 1.54) is 36.9 Å². The number of carbonyl (C=O) groups is 3. The Hall–Kier alpha value is -2.69. The first-order valence-corrected chi connectivity index (χ1v) is 10.2. The molecule has 1 aliphatic rings. The maximum atomic E-state index is 12.7. The molecule has 1 atom stereocenters. The second-order valence-electron chi connectivity index (χ2n) is 8.02. The highest BCUT2D eigenvalue weighted by Gasteiger charge is 2.37. The number of benzene rings is 1. The largest absolute Gasteiger partial charge is 0.484 e. The molecular formula is C20H25ClF3N3O5. The van der Waals surface area contributed by atoms with Crippen LogP contribution in [0.3, 0.4) is 0 Å². The van der Waals surface area contributed by atoms with Crippen molar-refractivity contribution in [3.05, 3.63) is 28.8 Å². The van der Waals surface area contributed by atoms with E-state index in [1.54, 1.807) is 0 Å². The van der Waals surface area contributed by atoms with Crippen LogP contribution in [0.4, 0.5) is 18.0 Å². The highest BCUT2D eigenvalue weighted by atomic mass is 35.5. The number of alkyl halides is 3. The lowest BCUT2D eigenvalue weighted by Crippen LogP contribution is -2.58. The molecular weight excluding hydrogens is 455 g/mol. The highest BCUT2D eigenvalue weighted by molar-refractivity contribution is 6.30. The maximum Gasteiger partial charge on any atom is 0.422 e. The topological polar surface area (TPSA) is 108 Å². The number of rotatable bonds is 7. The lowest BCUT2D eigenvalue weighted by molar-refractivity contribution is -0.153. The third kappa shape index (κ3) is 7.47. The molecule has 1 unspecified atom stereocenters. The molecule has 1 fully saturated rings. The second kappa shape index (κ2) is 10.3. The van der Waals surface area contributed by atoms with E-state index in [4.69, 9.17) is 21.4 Å². The fraction of sp³-hybridized carbons (Fsp3) is 0.550. The van der Waals surface area contributed by atoms with E-state index in [1.807, 2.05) is 0 Å². The van der Waals surface area contributed by atoms with E-state index in [9.17, 15) is 27.6 Å². The minimum absolute atomic E-state index is 0.0836. The van der Waals surface area contributed by atoms with Crippen molar-refractivity contribution < 1.29 is 37.4 Å². The van der Waals surface area contributed by atoms with Crippen molar-refractivity contribution >= 4 is 29.5 Å². The van der Waals surface area contributed by atoms with E-state index in [0.29, 0.717) is 24.9 Å². The van der Waals surface area contributed by atoms with E-state index in [2.05, 4.69) is 10.6 Å². The molecule has 1 aromatic carbocycles. The molecule has 3 N–H and O–H groups in total. The van der Waals surface area contributed by atoms with Crippen molar-refractivity contribution in [2.24, 2.45) is 5.92 Å². The minimum Gasteiger partial charge on any atom is -0.484 e. The number of halogens is 4. The first-order valence-electron chi connectivity index (χ1n) is 9.84. The minimum atomic E-state index is -4.52. The zero-order valence-corrected chi connectivity index (χ0v) is 18.3. The number of nitrogens with zero attached hydrogens (tertiary/aromatic N) is 1. The van der Waals surface area contributed by atoms with Crippen molar-refractivity contribution in [2.75, 3.05) is 19.7 Å². The third-order valence-corrected chi connectivity index (χ3v) is 5.14. The lowest BCUT2D eigenvalue weighted by Gasteiger charge is -2.37. The predicted molar refractivity (Wildman–Crippen MR) is 109 cm³/mol. The molecule has 0 spiro atoms. The summed E-state index contributed by atoms with van der Waals surface area (Å²) < 4.78 is 42.3. The Kier molecular flexibility index (Phi) is 8.22. The molecule has 8 nitrogen and oxygen atoms in total. The van der Waals surface area contributed by atoms with E-state index >= 15 is 0 Å². The van der Waals surface area contributed by atoms with Crippen LogP contribution in [0.15, 0.2) is 18.2 Å². The van der Waals surface area contributed by atoms with Gasteiger partial charge in [-0.1, -0.05) is 17.7 Å². The number of hydrogen-bond acceptors (Lipinski definition) is 4. The Bertz CT molecular complexity index is 863. The van der Waals surface area contributed by atoms with Crippen LogP contribution in [0.25, 0.3) is 0 Å². The molecule has 1 heterocycles. The Balaban J connectivity index is 2.00. The molecule has 32 heavy (non-hydrogen) atoms. The Labute approximate surface area is 188 Å². The number of hydrogen-bond donors (Lipinski definition) is 3. The smallest absolute Gasteiger partial charge is 0.422 e. The van der Waals surface area contributed by atoms with Crippen molar-refractivity contribution in [1.82, 2.24) is 15.5 Å². The van der Waals surface area contributed by atoms with Gasteiger partial charge in [-0.25, -0.2) is 4.79 Å². The second-order valence-corrected chi connectivity index (χ2v) is 8.46. The highest BCUT2D eigenvalue weighted by Crippen LogP contribution is 2.26. The molecule has 0 aromatic heterocycles. The van der Waals surface area contributed by atoms with Gasteiger partial charge in [0, 0.05) is 30.2 Å². The van der Waals surface area contributed by atoms with Crippen LogP contribution in [-0.2, 0) is 16.1 Å². The van der Waals surface area contributed by atoms with Gasteiger partial charge in [0.15, 0.2) is 6.61 Å². The Morgan fingerprint density at radius 2 is 1.97 bits per heavy atom. The van der Waals surface area contributed by atoms with E-state index in [0.717, 1.165) is 0 Å². The van der Waals surface area contributed by atoms with Crippen LogP contribution in [0.5, 0.6) is 5.75 Å². The van der Waals surface area contributed by atoms with Crippen molar-refractivity contribution in [1.29, 1.82) is 0 Å². The average molecular weight is 480 g/mol. The molecule has 0 aliphatic carbocycles. The first-order chi connectivity index (χ1) is 14.8. The van der Waals surface area contributed by atoms with Crippen LogP contribution in [0.1, 0.15) is 32.3 Å². The fourth-order valence-corrected chi connectivity index (χ4v) is 3.55. The SMILES string of the molecule is CC(C)(NC(=O)O)C(=O)N1CCCC(C(=O)NCc2ccc(Cl)cc2OCC(F)(F)F)C1. The number of carbonyl (C=O) groups excluding carboxylic acids is 2. The normalized spacial score (nSPS) is 16.9. The Morgan fingerprint density at radius 3 is 2.59 bits per heavy atom. The summed E-state index contributed by atoms with van der Waals surface area (Å²) in [7, 11) is 0. The third-order valence-electron chi connectivity index (χ3n) is 4.91. The number of piperidine rings is 1. The Morgan fingerprint density at radius 1 is 1.28 bits per heavy atom. The number of likely N-dealkylation sites (tertiary alicyclic amines) is 1. The zero-order chi connectivity index (χ0) is 24.1. The summed E-state index contributed by atoms with van der Waals surface area (Å²) in [5.74, 6) is -1.45. The molecule has 0 radical (unpaired) electrons. The van der Waals surface area contributed by atoms with Crippen LogP contribution in [0, 0.1) is 5.92 Å². The predicted octanol–water partition coefficient (Wildman–Crippen LogP) is 3.18. The first kappa shape index (κ1) is 25.6. The van der Waals surface area contributed by atoms with Gasteiger partial charge < -0.3 is 25.4 Å². The number of amides is 3. The van der Waals surface area contributed by atoms with E-state index < -0.39 is 36.2 Å². The standard InChI is InChI=1S/C20H25ClF3N3O5/c1-19(2,26-18(30)31)17(29)27-7-3-4-13(10-27)16(28)25-9-12-5-6-14(21)8-15(12)32-11-20(22,23)24/h5-6,8,13,26H,3-4,7,9-11H2,1-2H3,(H,25,28)(H,30,31). The summed E-state index contributed by atoms with van der Waals surface area (Å²) in [6.07, 6.45) is -4.79. The summed E-state index contributed by atoms with van der Waals surface area (Å²) in [5, 5.41) is 13.9. The van der Waals surface area contributed by atoms with Gasteiger partial charge in [0.05, 0.1) is 5.92 Å². The van der Waals surface area contributed by atoms with Crippen LogP contribution in [0.2, 0.25) is 5.02 Å². The summed E-state index contributed by atoms with van der Waals surface area (Å²) in [4.78, 5) is 37.7. The summed E-state index contributed by atoms with van der Waals surface area (Å²) in [5.41, 5.74) is -1.03. The van der Waals surface area contributed by atoms with Gasteiger partial charge in [0.2, 0.25) is 11.8 Å². The summed E-state index contributed by atoms with van der Waals surface area (Å²) in [6.45, 7) is 1.80. The summed E-state index contributed by atoms with van der Waals surface area (Å²) in [6, 6.07) is 4.18. The maximum absolute atomic E-state index is 12.7. The molecule has 1 saturated heterocycles. The zero-order valence-electron chi connectivity index (χ0n) is 17.6. The number of nitrogens with one attached hydrogen (secondary N) is 2. The van der Waals surface area contributed by atoms with E-state index in [-0.39, 0.29) is 29.8 Å². The van der Waals surface area contributed by atoms with Crippen LogP contribution < -0.4 is 15.4 Å². The number of carboxylic acid groups (broad SMARTS) is 1. The van der Waals surface area contributed by atoms with Gasteiger partial charge >= 0.3 is 12.3 Å². The van der Waals surface area contributed by atoms with Crippen molar-refractivity contribution in [2.45, 2.75) is 44.9 Å². The monoisotopic (exact) mass is 479 g/mol. The lowest BCUT2D eigenvalue weighted by atomic mass is 9.94. The van der Waals surface area contributed by atoms with Gasteiger partial charge in [0.25, 0.3) is 0 Å². The van der Waals surface area contributed by atoms with Crippen molar-refractivity contribution in [3.63, 3.8) is 0 Å². The summed E-state index contributed by atoms with van der Waals surface area (Å²) >= 11 is 5.84. The molecule has 0 bridgehead atoms. The molecule has 178 valence electrons. The molecule has 0 saturated carbocycles. The van der Waals surface area contributed by atoms with Gasteiger partial charge in [0.1, 0.15) is 11.3 Å². The quantitative estimate of drug-likeness (QED) is 0.556. The van der Waals surface area contributed by atoms with Gasteiger partial charge in [-0.15, -0.1) is 0 Å².